The Balaban J connectivity index is 1.48. The Kier molecular flexibility index (Phi) is 6.28. The van der Waals surface area contributed by atoms with Crippen molar-refractivity contribution in [2.45, 2.75) is 39.3 Å². The van der Waals surface area contributed by atoms with E-state index in [1.54, 1.807) is 6.20 Å². The van der Waals surface area contributed by atoms with Crippen molar-refractivity contribution in [3.63, 3.8) is 0 Å². The molecule has 0 saturated carbocycles. The number of amides is 1. The second-order valence-corrected chi connectivity index (χ2v) is 6.79. The monoisotopic (exact) mass is 355 g/mol. The van der Waals surface area contributed by atoms with Crippen LogP contribution in [0.5, 0.6) is 0 Å². The lowest BCUT2D eigenvalue weighted by Gasteiger charge is -2.32. The molecular weight excluding hydrogens is 326 g/mol. The minimum atomic E-state index is 0.104. The Morgan fingerprint density at radius 3 is 2.50 bits per heavy atom. The third kappa shape index (κ3) is 4.64. The van der Waals surface area contributed by atoms with Gasteiger partial charge < -0.3 is 15.2 Å². The maximum Gasteiger partial charge on any atom is 0.253 e. The van der Waals surface area contributed by atoms with Gasteiger partial charge in [0.15, 0.2) is 0 Å². The first-order valence-electron chi connectivity index (χ1n) is 9.56. The summed E-state index contributed by atoms with van der Waals surface area (Å²) in [5, 5.41) is 3.61. The Bertz CT molecular complexity index is 671. The Labute approximate surface area is 155 Å². The maximum absolute atomic E-state index is 12.4. The molecule has 140 valence electrons. The molecule has 1 saturated heterocycles. The van der Waals surface area contributed by atoms with Gasteiger partial charge in [-0.25, -0.2) is 4.98 Å². The molecule has 1 fully saturated rings. The summed E-state index contributed by atoms with van der Waals surface area (Å²) in [7, 11) is 0. The van der Waals surface area contributed by atoms with Crippen molar-refractivity contribution in [3.05, 3.63) is 48.0 Å². The highest BCUT2D eigenvalue weighted by Gasteiger charge is 2.20. The zero-order valence-electron chi connectivity index (χ0n) is 15.7. The van der Waals surface area contributed by atoms with Crippen molar-refractivity contribution >= 4 is 11.6 Å². The van der Waals surface area contributed by atoms with Gasteiger partial charge in [0.25, 0.3) is 5.91 Å². The second kappa shape index (κ2) is 8.85. The van der Waals surface area contributed by atoms with Crippen LogP contribution in [0.15, 0.2) is 36.7 Å². The lowest BCUT2D eigenvalue weighted by atomic mass is 10.0. The topological polar surface area (TPSA) is 64.3 Å². The van der Waals surface area contributed by atoms with E-state index >= 15 is 0 Å². The number of carbonyl (C=O) groups is 1. The molecule has 3 rings (SSSR count). The van der Waals surface area contributed by atoms with Crippen molar-refractivity contribution in [2.75, 3.05) is 31.5 Å². The zero-order valence-corrected chi connectivity index (χ0v) is 15.7. The first-order chi connectivity index (χ1) is 12.7. The summed E-state index contributed by atoms with van der Waals surface area (Å²) in [6.45, 7) is 8.53. The smallest absolute Gasteiger partial charge is 0.253 e. The van der Waals surface area contributed by atoms with Crippen molar-refractivity contribution in [3.8, 4) is 0 Å². The van der Waals surface area contributed by atoms with Gasteiger partial charge in [0.1, 0.15) is 5.82 Å². The fraction of sp³-hybridized carbons (Fsp3) is 0.500. The quantitative estimate of drug-likeness (QED) is 0.801. The van der Waals surface area contributed by atoms with Crippen LogP contribution in [0.3, 0.4) is 0 Å². The van der Waals surface area contributed by atoms with Crippen LogP contribution in [0.25, 0.3) is 0 Å². The molecule has 2 aromatic rings. The number of benzene rings is 1. The van der Waals surface area contributed by atoms with Gasteiger partial charge in [0, 0.05) is 55.9 Å². The molecule has 0 atom stereocenters. The number of nitrogens with zero attached hydrogens (tertiary/aromatic N) is 3. The molecule has 1 amide bonds. The van der Waals surface area contributed by atoms with E-state index < -0.39 is 0 Å². The number of likely N-dealkylation sites (tertiary alicyclic amines) is 1. The molecule has 6 heteroatoms. The van der Waals surface area contributed by atoms with Gasteiger partial charge in [-0.3, -0.25) is 9.69 Å². The maximum atomic E-state index is 12.4. The van der Waals surface area contributed by atoms with Gasteiger partial charge in [-0.2, -0.15) is 0 Å². The number of H-pyrrole nitrogens is 1. The van der Waals surface area contributed by atoms with Crippen LogP contribution in [0.4, 0.5) is 5.69 Å². The van der Waals surface area contributed by atoms with Crippen LogP contribution in [-0.4, -0.2) is 57.9 Å². The average molecular weight is 355 g/mol. The van der Waals surface area contributed by atoms with E-state index in [0.29, 0.717) is 6.04 Å². The second-order valence-electron chi connectivity index (χ2n) is 6.79. The molecule has 1 aromatic carbocycles. The molecule has 1 aliphatic heterocycles. The Morgan fingerprint density at radius 2 is 1.92 bits per heavy atom. The lowest BCUT2D eigenvalue weighted by molar-refractivity contribution is 0.0773. The molecule has 1 aliphatic rings. The van der Waals surface area contributed by atoms with Crippen LogP contribution in [-0.2, 0) is 6.54 Å². The van der Waals surface area contributed by atoms with E-state index in [2.05, 4.69) is 20.2 Å². The molecule has 0 unspecified atom stereocenters. The molecular formula is C20H29N5O. The Morgan fingerprint density at radius 1 is 1.23 bits per heavy atom. The molecule has 0 spiro atoms. The van der Waals surface area contributed by atoms with E-state index in [-0.39, 0.29) is 5.91 Å². The van der Waals surface area contributed by atoms with Crippen LogP contribution < -0.4 is 5.32 Å². The summed E-state index contributed by atoms with van der Waals surface area (Å²) < 4.78 is 0. The first-order valence-corrected chi connectivity index (χ1v) is 9.56. The van der Waals surface area contributed by atoms with Crippen molar-refractivity contribution < 1.29 is 4.79 Å². The predicted octanol–water partition coefficient (Wildman–Crippen LogP) is 2.97. The number of piperidine rings is 1. The minimum absolute atomic E-state index is 0.104. The highest BCUT2D eigenvalue weighted by atomic mass is 16.2. The van der Waals surface area contributed by atoms with Gasteiger partial charge in [-0.05, 0) is 51.0 Å². The SMILES string of the molecule is CCN(CC)C(=O)c1ccc(NC2CCN(Cc3ncc[nH]3)CC2)cc1. The fourth-order valence-electron chi connectivity index (χ4n) is 3.47. The third-order valence-corrected chi connectivity index (χ3v) is 5.07. The molecule has 2 heterocycles. The molecule has 0 aliphatic carbocycles. The summed E-state index contributed by atoms with van der Waals surface area (Å²) in [4.78, 5) is 24.1. The van der Waals surface area contributed by atoms with Gasteiger partial charge in [-0.15, -0.1) is 0 Å². The molecule has 6 nitrogen and oxygen atoms in total. The van der Waals surface area contributed by atoms with Crippen molar-refractivity contribution in [1.82, 2.24) is 19.8 Å². The van der Waals surface area contributed by atoms with Gasteiger partial charge in [-0.1, -0.05) is 0 Å². The third-order valence-electron chi connectivity index (χ3n) is 5.07. The summed E-state index contributed by atoms with van der Waals surface area (Å²) in [6, 6.07) is 8.37. The van der Waals surface area contributed by atoms with E-state index in [9.17, 15) is 4.79 Å². The largest absolute Gasteiger partial charge is 0.382 e. The van der Waals surface area contributed by atoms with Crippen LogP contribution in [0.2, 0.25) is 0 Å². The number of imidazole rings is 1. The number of hydrogen-bond donors (Lipinski definition) is 2. The summed E-state index contributed by atoms with van der Waals surface area (Å²) in [5.41, 5.74) is 1.85. The minimum Gasteiger partial charge on any atom is -0.382 e. The molecule has 0 bridgehead atoms. The van der Waals surface area contributed by atoms with Gasteiger partial charge >= 0.3 is 0 Å². The number of aromatic nitrogens is 2. The number of nitrogens with one attached hydrogen (secondary N) is 2. The van der Waals surface area contributed by atoms with Crippen molar-refractivity contribution in [2.24, 2.45) is 0 Å². The number of anilines is 1. The molecule has 26 heavy (non-hydrogen) atoms. The van der Waals surface area contributed by atoms with Gasteiger partial charge in [0.05, 0.1) is 6.54 Å². The number of rotatable bonds is 7. The highest BCUT2D eigenvalue weighted by molar-refractivity contribution is 5.94. The predicted molar refractivity (Wildman–Crippen MR) is 104 cm³/mol. The highest BCUT2D eigenvalue weighted by Crippen LogP contribution is 2.18. The van der Waals surface area contributed by atoms with Crippen LogP contribution in [0.1, 0.15) is 42.9 Å². The van der Waals surface area contributed by atoms with Crippen LogP contribution in [0, 0.1) is 0 Å². The first kappa shape index (κ1) is 18.5. The normalized spacial score (nSPS) is 15.8. The lowest BCUT2D eigenvalue weighted by Crippen LogP contribution is -2.38. The van der Waals surface area contributed by atoms with Crippen molar-refractivity contribution in [1.29, 1.82) is 0 Å². The summed E-state index contributed by atoms with van der Waals surface area (Å²) in [6.07, 6.45) is 5.90. The molecule has 2 N–H and O–H groups in total. The molecule has 1 aromatic heterocycles. The fourth-order valence-corrected chi connectivity index (χ4v) is 3.47. The average Bonchev–Trinajstić information content (AvgIpc) is 3.18. The number of aromatic amines is 1. The van der Waals surface area contributed by atoms with E-state index in [1.165, 1.54) is 0 Å². The Hall–Kier alpha value is -2.34. The van der Waals surface area contributed by atoms with E-state index in [1.807, 2.05) is 49.2 Å². The van der Waals surface area contributed by atoms with E-state index in [4.69, 9.17) is 0 Å². The standard InChI is InChI=1S/C20H29N5O/c1-3-25(4-2)20(26)16-5-7-17(8-6-16)23-18-9-13-24(14-10-18)15-19-21-11-12-22-19/h5-8,11-12,18,23H,3-4,9-10,13-15H2,1-2H3,(H,21,22). The van der Waals surface area contributed by atoms with E-state index in [0.717, 1.165) is 62.6 Å². The van der Waals surface area contributed by atoms with Gasteiger partial charge in [0.2, 0.25) is 0 Å². The summed E-state index contributed by atoms with van der Waals surface area (Å²) >= 11 is 0. The molecule has 0 radical (unpaired) electrons. The van der Waals surface area contributed by atoms with Crippen LogP contribution >= 0.6 is 0 Å². The summed E-state index contributed by atoms with van der Waals surface area (Å²) in [5.74, 6) is 1.14. The number of hydrogen-bond acceptors (Lipinski definition) is 4. The number of carbonyl (C=O) groups excluding carboxylic acids is 1. The zero-order chi connectivity index (χ0) is 18.4.